The Labute approximate surface area is 310 Å². The average Bonchev–Trinajstić information content (AvgIpc) is 3.71. The first kappa shape index (κ1) is 37.0. The minimum atomic E-state index is -0.464. The summed E-state index contributed by atoms with van der Waals surface area (Å²) in [6, 6.07) is 19.6. The van der Waals surface area contributed by atoms with Gasteiger partial charge in [0.05, 0.1) is 29.7 Å². The van der Waals surface area contributed by atoms with Crippen molar-refractivity contribution in [2.75, 3.05) is 52.7 Å². The molecule has 0 spiro atoms. The molecule has 0 N–H and O–H groups in total. The van der Waals surface area contributed by atoms with Crippen molar-refractivity contribution in [3.05, 3.63) is 105 Å². The van der Waals surface area contributed by atoms with E-state index in [1.807, 2.05) is 75.1 Å². The minimum absolute atomic E-state index is 0.0686. The highest BCUT2D eigenvalue weighted by molar-refractivity contribution is 6.35. The molecule has 3 aliphatic rings. The monoisotopic (exact) mass is 737 g/mol. The highest BCUT2D eigenvalue weighted by atomic mass is 35.5. The number of esters is 1. The van der Waals surface area contributed by atoms with Gasteiger partial charge in [0.2, 0.25) is 18.4 Å². The molecule has 2 unspecified atom stereocenters. The van der Waals surface area contributed by atoms with Crippen molar-refractivity contribution in [2.45, 2.75) is 53.6 Å². The average molecular weight is 739 g/mol. The summed E-state index contributed by atoms with van der Waals surface area (Å²) < 4.78 is 25.0. The number of para-hydroxylation sites is 1. The lowest BCUT2D eigenvalue weighted by molar-refractivity contribution is -0.931. The van der Waals surface area contributed by atoms with Crippen molar-refractivity contribution in [2.24, 2.45) is 5.92 Å². The number of nitrogens with zero attached hydrogens (tertiary/aromatic N) is 4. The molecule has 2 atom stereocenters. The normalized spacial score (nSPS) is 21.0. The van der Waals surface area contributed by atoms with Crippen molar-refractivity contribution < 1.29 is 33.0 Å². The number of carbonyl (C=O) groups excluding carboxylic acids is 2. The van der Waals surface area contributed by atoms with Crippen LogP contribution in [0.4, 0.5) is 0 Å². The second-order valence-electron chi connectivity index (χ2n) is 13.8. The highest BCUT2D eigenvalue weighted by Crippen LogP contribution is 2.47. The van der Waals surface area contributed by atoms with Gasteiger partial charge in [-0.15, -0.1) is 0 Å². The van der Waals surface area contributed by atoms with Gasteiger partial charge in [0.1, 0.15) is 30.8 Å². The largest absolute Gasteiger partial charge is 0.473 e. The molecule has 51 heavy (non-hydrogen) atoms. The molecular weight excluding hydrogens is 691 g/mol. The number of piperazine rings is 1. The SMILES string of the molecule is CC(=O)N1CCN(C2=C[N+](Cc3cc(C)c(OC(=O)C(C)C)c(C)c3)(CC3OCCO3)C(c3ccc(Cl)cc3Cl)N2COc2ccccc2)CC1. The van der Waals surface area contributed by atoms with Crippen LogP contribution in [-0.2, 0) is 25.6 Å². The Morgan fingerprint density at radius 2 is 1.61 bits per heavy atom. The van der Waals surface area contributed by atoms with Gasteiger partial charge in [0.25, 0.3) is 0 Å². The zero-order valence-electron chi connectivity index (χ0n) is 29.9. The molecule has 0 bridgehead atoms. The van der Waals surface area contributed by atoms with Crippen LogP contribution in [0.1, 0.15) is 49.2 Å². The Kier molecular flexibility index (Phi) is 11.5. The molecule has 3 heterocycles. The maximum Gasteiger partial charge on any atom is 0.313 e. The molecule has 2 saturated heterocycles. The molecule has 272 valence electrons. The van der Waals surface area contributed by atoms with Crippen molar-refractivity contribution >= 4 is 35.1 Å². The lowest BCUT2D eigenvalue weighted by atomic mass is 10.0. The molecular formula is C39H47Cl2N4O6+. The maximum atomic E-state index is 12.6. The Balaban J connectivity index is 1.49. The molecule has 1 amide bonds. The number of hydrogen-bond donors (Lipinski definition) is 0. The van der Waals surface area contributed by atoms with E-state index in [-0.39, 0.29) is 30.7 Å². The summed E-state index contributed by atoms with van der Waals surface area (Å²) in [5, 5.41) is 1.08. The first-order chi connectivity index (χ1) is 24.4. The molecule has 0 saturated carbocycles. The van der Waals surface area contributed by atoms with Gasteiger partial charge in [-0.1, -0.05) is 55.2 Å². The number of rotatable bonds is 11. The number of amides is 1. The quantitative estimate of drug-likeness (QED) is 0.120. The van der Waals surface area contributed by atoms with Crippen molar-refractivity contribution in [3.8, 4) is 11.5 Å². The van der Waals surface area contributed by atoms with E-state index in [4.69, 9.17) is 42.1 Å². The van der Waals surface area contributed by atoms with Gasteiger partial charge < -0.3 is 28.7 Å². The topological polar surface area (TPSA) is 80.8 Å². The molecule has 0 aromatic heterocycles. The number of quaternary nitrogens is 1. The standard InChI is InChI=1S/C39H47Cl2N4O6/c1-26(2)39(47)51-37-27(3)19-30(20-28(37)4)22-45(24-36-48-17-18-49-36)23-35(43-15-13-42(14-16-43)29(5)46)44(25-50-32-9-7-6-8-10-32)38(45)33-12-11-31(40)21-34(33)41/h6-12,19-21,23,26,36,38H,13-18,22,24-25H2,1-5H3/q+1. The fourth-order valence-electron chi connectivity index (χ4n) is 7.23. The summed E-state index contributed by atoms with van der Waals surface area (Å²) in [5.74, 6) is 1.85. The predicted octanol–water partition coefficient (Wildman–Crippen LogP) is 6.88. The summed E-state index contributed by atoms with van der Waals surface area (Å²) in [6.07, 6.45) is 1.44. The fourth-order valence-corrected chi connectivity index (χ4v) is 7.74. The third kappa shape index (κ3) is 8.31. The second kappa shape index (κ2) is 15.8. The molecule has 3 aliphatic heterocycles. The van der Waals surface area contributed by atoms with Crippen LogP contribution in [0.25, 0.3) is 0 Å². The van der Waals surface area contributed by atoms with E-state index in [1.54, 1.807) is 13.0 Å². The van der Waals surface area contributed by atoms with E-state index in [1.165, 1.54) is 0 Å². The Morgan fingerprint density at radius 3 is 2.22 bits per heavy atom. The molecule has 3 aromatic rings. The number of ether oxygens (including phenoxy) is 4. The van der Waals surface area contributed by atoms with Crippen LogP contribution >= 0.6 is 23.2 Å². The summed E-state index contributed by atoms with van der Waals surface area (Å²) in [4.78, 5) is 31.4. The first-order valence-corrected chi connectivity index (χ1v) is 18.2. The third-order valence-electron chi connectivity index (χ3n) is 9.70. The van der Waals surface area contributed by atoms with Crippen LogP contribution in [0.5, 0.6) is 11.5 Å². The van der Waals surface area contributed by atoms with Gasteiger partial charge in [-0.3, -0.25) is 19.0 Å². The molecule has 0 aliphatic carbocycles. The van der Waals surface area contributed by atoms with Crippen molar-refractivity contribution in [1.82, 2.24) is 14.7 Å². The molecule has 2 fully saturated rings. The zero-order chi connectivity index (χ0) is 36.3. The van der Waals surface area contributed by atoms with Gasteiger partial charge in [-0.25, -0.2) is 0 Å². The van der Waals surface area contributed by atoms with Crippen LogP contribution in [0, 0.1) is 19.8 Å². The molecule has 12 heteroatoms. The highest BCUT2D eigenvalue weighted by Gasteiger charge is 2.52. The number of aryl methyl sites for hydroxylation is 2. The lowest BCUT2D eigenvalue weighted by Crippen LogP contribution is -2.53. The summed E-state index contributed by atoms with van der Waals surface area (Å²) in [5.41, 5.74) is 3.67. The number of carbonyl (C=O) groups is 2. The smallest absolute Gasteiger partial charge is 0.313 e. The molecule has 3 aromatic carbocycles. The van der Waals surface area contributed by atoms with Crippen LogP contribution in [-0.4, -0.2) is 90.0 Å². The van der Waals surface area contributed by atoms with Gasteiger partial charge in [0.15, 0.2) is 12.6 Å². The van der Waals surface area contributed by atoms with Crippen molar-refractivity contribution in [3.63, 3.8) is 0 Å². The summed E-state index contributed by atoms with van der Waals surface area (Å²) in [7, 11) is 0. The number of halogens is 2. The van der Waals surface area contributed by atoms with Crippen LogP contribution < -0.4 is 9.47 Å². The maximum absolute atomic E-state index is 12.6. The minimum Gasteiger partial charge on any atom is -0.473 e. The lowest BCUT2D eigenvalue weighted by Gasteiger charge is -2.43. The first-order valence-electron chi connectivity index (χ1n) is 17.5. The van der Waals surface area contributed by atoms with E-state index in [2.05, 4.69) is 28.1 Å². The third-order valence-corrected chi connectivity index (χ3v) is 10.3. The molecule has 6 rings (SSSR count). The zero-order valence-corrected chi connectivity index (χ0v) is 31.5. The van der Waals surface area contributed by atoms with E-state index < -0.39 is 6.29 Å². The van der Waals surface area contributed by atoms with E-state index in [0.717, 1.165) is 33.8 Å². The second-order valence-corrected chi connectivity index (χ2v) is 14.7. The van der Waals surface area contributed by atoms with Gasteiger partial charge in [-0.05, 0) is 67.4 Å². The van der Waals surface area contributed by atoms with Gasteiger partial charge >= 0.3 is 5.97 Å². The number of benzene rings is 3. The molecule has 0 radical (unpaired) electrons. The van der Waals surface area contributed by atoms with Gasteiger partial charge in [-0.2, -0.15) is 0 Å². The van der Waals surface area contributed by atoms with E-state index in [9.17, 15) is 9.59 Å². The fraction of sp³-hybridized carbons (Fsp3) is 0.436. The van der Waals surface area contributed by atoms with E-state index in [0.29, 0.717) is 72.8 Å². The van der Waals surface area contributed by atoms with Crippen LogP contribution in [0.15, 0.2) is 72.7 Å². The predicted molar refractivity (Wildman–Crippen MR) is 196 cm³/mol. The van der Waals surface area contributed by atoms with E-state index >= 15 is 0 Å². The molecule has 10 nitrogen and oxygen atoms in total. The Morgan fingerprint density at radius 1 is 0.941 bits per heavy atom. The Hall–Kier alpha value is -3.80. The number of hydrogen-bond acceptors (Lipinski definition) is 8. The summed E-state index contributed by atoms with van der Waals surface area (Å²) >= 11 is 13.6. The summed E-state index contributed by atoms with van der Waals surface area (Å²) in [6.45, 7) is 14.0. The van der Waals surface area contributed by atoms with Crippen molar-refractivity contribution in [1.29, 1.82) is 0 Å². The Bertz CT molecular complexity index is 1730. The van der Waals surface area contributed by atoms with Crippen LogP contribution in [0.2, 0.25) is 10.0 Å². The van der Waals surface area contributed by atoms with Crippen LogP contribution in [0.3, 0.4) is 0 Å². The van der Waals surface area contributed by atoms with Gasteiger partial charge in [0, 0.05) is 43.7 Å².